The lowest BCUT2D eigenvalue weighted by Gasteiger charge is -2.14. The number of benzene rings is 1. The van der Waals surface area contributed by atoms with Gasteiger partial charge in [0.05, 0.1) is 11.7 Å². The van der Waals surface area contributed by atoms with Gasteiger partial charge in [0.15, 0.2) is 0 Å². The lowest BCUT2D eigenvalue weighted by molar-refractivity contribution is 0.0950. The maximum Gasteiger partial charge on any atom is 0.280 e. The summed E-state index contributed by atoms with van der Waals surface area (Å²) in [5, 5.41) is 14.8. The third-order valence-corrected chi connectivity index (χ3v) is 4.17. The fourth-order valence-electron chi connectivity index (χ4n) is 2.81. The summed E-state index contributed by atoms with van der Waals surface area (Å²) in [5.41, 5.74) is 2.76. The Hall–Kier alpha value is -3.48. The molecule has 2 heterocycles. The number of carbonyl (C=O) groups is 1. The molecule has 0 aliphatic carbocycles. The molecule has 1 amide bonds. The molecule has 0 saturated heterocycles. The average Bonchev–Trinajstić information content (AvgIpc) is 2.69. The Morgan fingerprint density at radius 3 is 2.85 bits per heavy atom. The topological polar surface area (TPSA) is 96.6 Å². The molecule has 0 spiro atoms. The molecule has 0 aliphatic rings. The van der Waals surface area contributed by atoms with Gasteiger partial charge >= 0.3 is 0 Å². The van der Waals surface area contributed by atoms with E-state index in [1.54, 1.807) is 48.8 Å². The van der Waals surface area contributed by atoms with Gasteiger partial charge in [0.1, 0.15) is 11.3 Å². The van der Waals surface area contributed by atoms with Crippen molar-refractivity contribution in [3.8, 4) is 5.75 Å². The summed E-state index contributed by atoms with van der Waals surface area (Å²) in [7, 11) is 0. The molecule has 2 N–H and O–H groups in total. The Balaban J connectivity index is 1.99. The summed E-state index contributed by atoms with van der Waals surface area (Å²) in [4.78, 5) is 29.3. The van der Waals surface area contributed by atoms with Gasteiger partial charge in [-0.15, -0.1) is 0 Å². The van der Waals surface area contributed by atoms with E-state index in [-0.39, 0.29) is 11.3 Å². The zero-order chi connectivity index (χ0) is 19.2. The molecule has 3 aromatic rings. The smallest absolute Gasteiger partial charge is 0.280 e. The minimum absolute atomic E-state index is 0.312. The largest absolute Gasteiger partial charge is 0.506 e. The van der Waals surface area contributed by atoms with E-state index in [1.807, 2.05) is 6.92 Å². The van der Waals surface area contributed by atoms with E-state index >= 15 is 0 Å². The van der Waals surface area contributed by atoms with Gasteiger partial charge in [0.2, 0.25) is 0 Å². The molecule has 0 bridgehead atoms. The molecule has 0 fully saturated rings. The number of nitrogens with one attached hydrogen (secondary N) is 1. The van der Waals surface area contributed by atoms with Crippen LogP contribution in [-0.4, -0.2) is 26.8 Å². The summed E-state index contributed by atoms with van der Waals surface area (Å²) in [6.07, 6.45) is 6.31. The van der Waals surface area contributed by atoms with Crippen LogP contribution in [0.5, 0.6) is 5.75 Å². The molecule has 0 radical (unpaired) electrons. The van der Waals surface area contributed by atoms with Gasteiger partial charge in [-0.05, 0) is 24.6 Å². The maximum absolute atomic E-state index is 12.9. The van der Waals surface area contributed by atoms with Gasteiger partial charge < -0.3 is 9.67 Å². The van der Waals surface area contributed by atoms with Crippen LogP contribution in [0.2, 0.25) is 0 Å². The highest BCUT2D eigenvalue weighted by Gasteiger charge is 2.21. The number of para-hydroxylation sites is 1. The zero-order valence-corrected chi connectivity index (χ0v) is 14.9. The molecule has 0 unspecified atom stereocenters. The second-order valence-electron chi connectivity index (χ2n) is 6.04. The first-order valence-electron chi connectivity index (χ1n) is 8.71. The number of unbranched alkanes of at least 4 members (excludes halogenated alkanes) is 1. The van der Waals surface area contributed by atoms with Gasteiger partial charge in [-0.1, -0.05) is 31.5 Å². The predicted molar refractivity (Wildman–Crippen MR) is 104 cm³/mol. The van der Waals surface area contributed by atoms with Gasteiger partial charge in [0, 0.05) is 29.9 Å². The van der Waals surface area contributed by atoms with Gasteiger partial charge in [-0.25, -0.2) is 5.43 Å². The first-order valence-corrected chi connectivity index (χ1v) is 8.71. The molecular formula is C20H20N4O3. The summed E-state index contributed by atoms with van der Waals surface area (Å²) in [5.74, 6) is -1.09. The first-order chi connectivity index (χ1) is 13.1. The number of aromatic nitrogens is 2. The first kappa shape index (κ1) is 18.3. The van der Waals surface area contributed by atoms with Crippen molar-refractivity contribution in [1.82, 2.24) is 15.0 Å². The number of aromatic hydroxyl groups is 1. The van der Waals surface area contributed by atoms with E-state index in [1.165, 1.54) is 10.8 Å². The summed E-state index contributed by atoms with van der Waals surface area (Å²) in [6.45, 7) is 2.49. The SMILES string of the molecule is CCCCn1c(=O)c(C(=O)N/N=C/c2cccnc2)c(O)c2ccccc21. The van der Waals surface area contributed by atoms with Crippen molar-refractivity contribution in [3.05, 3.63) is 70.3 Å². The number of hydrogen-bond donors (Lipinski definition) is 2. The number of amides is 1. The lowest BCUT2D eigenvalue weighted by Crippen LogP contribution is -2.31. The van der Waals surface area contributed by atoms with Crippen LogP contribution in [0.25, 0.3) is 10.9 Å². The second kappa shape index (κ2) is 8.27. The van der Waals surface area contributed by atoms with E-state index < -0.39 is 11.5 Å². The van der Waals surface area contributed by atoms with Crippen LogP contribution >= 0.6 is 0 Å². The number of carbonyl (C=O) groups excluding carboxylic acids is 1. The standard InChI is InChI=1S/C20H20N4O3/c1-2-3-11-24-16-9-5-4-8-15(16)18(25)17(20(24)27)19(26)23-22-13-14-7-6-10-21-12-14/h4-10,12-13,25H,2-3,11H2,1H3,(H,23,26)/b22-13+. The third-order valence-electron chi connectivity index (χ3n) is 4.17. The molecule has 7 nitrogen and oxygen atoms in total. The Morgan fingerprint density at radius 2 is 2.11 bits per heavy atom. The Labute approximate surface area is 156 Å². The number of pyridine rings is 2. The van der Waals surface area contributed by atoms with Gasteiger partial charge in [-0.2, -0.15) is 5.10 Å². The quantitative estimate of drug-likeness (QED) is 0.519. The molecule has 7 heteroatoms. The fraction of sp³-hybridized carbons (Fsp3) is 0.200. The molecule has 0 saturated carbocycles. The van der Waals surface area contributed by atoms with E-state index in [0.717, 1.165) is 12.8 Å². The number of nitrogens with zero attached hydrogens (tertiary/aromatic N) is 3. The molecule has 0 aliphatic heterocycles. The van der Waals surface area contributed by atoms with E-state index in [2.05, 4.69) is 15.5 Å². The number of aryl methyl sites for hydroxylation is 1. The van der Waals surface area contributed by atoms with Crippen LogP contribution in [-0.2, 0) is 6.54 Å². The van der Waals surface area contributed by atoms with Gasteiger partial charge in [0.25, 0.3) is 11.5 Å². The van der Waals surface area contributed by atoms with Crippen LogP contribution < -0.4 is 11.0 Å². The van der Waals surface area contributed by atoms with Crippen LogP contribution in [0.3, 0.4) is 0 Å². The van der Waals surface area contributed by atoms with Crippen molar-refractivity contribution in [2.45, 2.75) is 26.3 Å². The van der Waals surface area contributed by atoms with Crippen LogP contribution in [0.1, 0.15) is 35.7 Å². The number of fused-ring (bicyclic) bond motifs is 1. The molecule has 0 atom stereocenters. The van der Waals surface area contributed by atoms with Crippen molar-refractivity contribution >= 4 is 23.0 Å². The van der Waals surface area contributed by atoms with Crippen LogP contribution in [0.4, 0.5) is 0 Å². The molecular weight excluding hydrogens is 344 g/mol. The van der Waals surface area contributed by atoms with E-state index in [0.29, 0.717) is 23.0 Å². The molecule has 27 heavy (non-hydrogen) atoms. The van der Waals surface area contributed by atoms with Crippen molar-refractivity contribution in [3.63, 3.8) is 0 Å². The summed E-state index contributed by atoms with van der Waals surface area (Å²) >= 11 is 0. The maximum atomic E-state index is 12.9. The highest BCUT2D eigenvalue weighted by atomic mass is 16.3. The second-order valence-corrected chi connectivity index (χ2v) is 6.04. The van der Waals surface area contributed by atoms with Crippen molar-refractivity contribution in [2.75, 3.05) is 0 Å². The average molecular weight is 364 g/mol. The minimum atomic E-state index is -0.756. The summed E-state index contributed by atoms with van der Waals surface area (Å²) < 4.78 is 1.53. The van der Waals surface area contributed by atoms with Crippen LogP contribution in [0.15, 0.2) is 58.7 Å². The number of hydrogen-bond acceptors (Lipinski definition) is 5. The monoisotopic (exact) mass is 364 g/mol. The Bertz CT molecular complexity index is 1040. The van der Waals surface area contributed by atoms with Crippen molar-refractivity contribution < 1.29 is 9.90 Å². The molecule has 3 rings (SSSR count). The number of hydrazone groups is 1. The van der Waals surface area contributed by atoms with Crippen molar-refractivity contribution in [1.29, 1.82) is 0 Å². The highest BCUT2D eigenvalue weighted by molar-refractivity contribution is 6.02. The van der Waals surface area contributed by atoms with E-state index in [9.17, 15) is 14.7 Å². The van der Waals surface area contributed by atoms with Gasteiger partial charge in [-0.3, -0.25) is 14.6 Å². The lowest BCUT2D eigenvalue weighted by atomic mass is 10.1. The Kier molecular flexibility index (Phi) is 5.61. The summed E-state index contributed by atoms with van der Waals surface area (Å²) in [6, 6.07) is 10.5. The van der Waals surface area contributed by atoms with Crippen molar-refractivity contribution in [2.24, 2.45) is 5.10 Å². The molecule has 138 valence electrons. The third kappa shape index (κ3) is 3.87. The fourth-order valence-corrected chi connectivity index (χ4v) is 2.81. The van der Waals surface area contributed by atoms with Crippen LogP contribution in [0, 0.1) is 0 Å². The predicted octanol–water partition coefficient (Wildman–Crippen LogP) is 2.67. The molecule has 2 aromatic heterocycles. The minimum Gasteiger partial charge on any atom is -0.506 e. The molecule has 1 aromatic carbocycles. The zero-order valence-electron chi connectivity index (χ0n) is 14.9. The van der Waals surface area contributed by atoms with E-state index in [4.69, 9.17) is 0 Å². The number of rotatable bonds is 6. The Morgan fingerprint density at radius 1 is 1.30 bits per heavy atom. The normalized spacial score (nSPS) is 11.1. The highest BCUT2D eigenvalue weighted by Crippen LogP contribution is 2.26.